The van der Waals surface area contributed by atoms with Crippen molar-refractivity contribution in [3.63, 3.8) is 0 Å². The molecule has 0 saturated carbocycles. The molecule has 0 N–H and O–H groups in total. The molecule has 0 aliphatic carbocycles. The predicted molar refractivity (Wildman–Crippen MR) is 163 cm³/mol. The molecule has 216 valence electrons. The molecule has 1 aliphatic rings. The number of hydrogen-bond donors (Lipinski definition) is 0. The number of fused-ring (bicyclic) bond motifs is 1. The summed E-state index contributed by atoms with van der Waals surface area (Å²) in [6.07, 6.45) is 1.84. The zero-order chi connectivity index (χ0) is 30.3. The first-order valence-electron chi connectivity index (χ1n) is 13.4. The van der Waals surface area contributed by atoms with E-state index in [0.717, 1.165) is 33.9 Å². The average Bonchev–Trinajstić information content (AvgIpc) is 3.41. The van der Waals surface area contributed by atoms with Crippen molar-refractivity contribution in [2.45, 2.75) is 33.7 Å². The highest BCUT2D eigenvalue weighted by atomic mass is 32.1. The van der Waals surface area contributed by atoms with Crippen LogP contribution in [0.5, 0.6) is 0 Å². The number of carbonyl (C=O) groups is 1. The fraction of sp³-hybridized carbons (Fsp3) is 0.258. The maximum absolute atomic E-state index is 14.0. The van der Waals surface area contributed by atoms with Gasteiger partial charge in [-0.05, 0) is 75.2 Å². The van der Waals surface area contributed by atoms with Crippen LogP contribution in [0.25, 0.3) is 11.8 Å². The summed E-state index contributed by atoms with van der Waals surface area (Å²) < 4.78 is 9.44. The number of hydrogen-bond acceptors (Lipinski definition) is 8. The molecule has 1 aliphatic heterocycles. The molecule has 5 rings (SSSR count). The standard InChI is InChI=1S/C31H31N5O5S/c1-7-41-30(38)27-19(3)32-31-35(28(27)21-8-10-23(11-9-21)33(5)6)29(37)26(42-31)17-22-16-18(2)34(20(22)4)24-12-14-25(15-13-24)36(39)40/h8-17,28H,7H2,1-6H3/b26-17-/t28-/m0/s1. The van der Waals surface area contributed by atoms with E-state index in [9.17, 15) is 19.7 Å². The van der Waals surface area contributed by atoms with E-state index in [1.807, 2.05) is 73.8 Å². The van der Waals surface area contributed by atoms with E-state index in [1.54, 1.807) is 30.5 Å². The van der Waals surface area contributed by atoms with Crippen molar-refractivity contribution in [1.82, 2.24) is 9.13 Å². The summed E-state index contributed by atoms with van der Waals surface area (Å²) in [4.78, 5) is 45.0. The van der Waals surface area contributed by atoms with Gasteiger partial charge in [0.25, 0.3) is 11.2 Å². The topological polar surface area (TPSA) is 112 Å². The molecular formula is C31H31N5O5S. The Hall–Kier alpha value is -4.77. The SMILES string of the molecule is CCOC(=O)C1=C(C)N=c2s/c(=C\c3cc(C)n(-c4ccc([N+](=O)[O-])cc4)c3C)c(=O)n2[C@H]1c1ccc(N(C)C)cc1. The van der Waals surface area contributed by atoms with Crippen molar-refractivity contribution >= 4 is 34.8 Å². The van der Waals surface area contributed by atoms with Crippen LogP contribution in [-0.4, -0.2) is 40.7 Å². The van der Waals surface area contributed by atoms with Gasteiger partial charge in [-0.1, -0.05) is 23.5 Å². The van der Waals surface area contributed by atoms with E-state index >= 15 is 0 Å². The molecule has 0 bridgehead atoms. The molecular weight excluding hydrogens is 554 g/mol. The van der Waals surface area contributed by atoms with Gasteiger partial charge in [0.1, 0.15) is 0 Å². The zero-order valence-electron chi connectivity index (χ0n) is 24.2. The number of allylic oxidation sites excluding steroid dienone is 1. The van der Waals surface area contributed by atoms with E-state index in [1.165, 1.54) is 23.5 Å². The first-order chi connectivity index (χ1) is 20.0. The fourth-order valence-electron chi connectivity index (χ4n) is 5.26. The summed E-state index contributed by atoms with van der Waals surface area (Å²) in [5, 5.41) is 11.1. The maximum Gasteiger partial charge on any atom is 0.338 e. The summed E-state index contributed by atoms with van der Waals surface area (Å²) in [6.45, 7) is 7.60. The third-order valence-corrected chi connectivity index (χ3v) is 8.30. The Morgan fingerprint density at radius 3 is 2.38 bits per heavy atom. The van der Waals surface area contributed by atoms with Crippen LogP contribution in [0.2, 0.25) is 0 Å². The Balaban J connectivity index is 1.65. The van der Waals surface area contributed by atoms with Crippen LogP contribution in [0.3, 0.4) is 0 Å². The molecule has 0 amide bonds. The lowest BCUT2D eigenvalue weighted by atomic mass is 9.95. The van der Waals surface area contributed by atoms with Gasteiger partial charge in [0.15, 0.2) is 4.80 Å². The quantitative estimate of drug-likeness (QED) is 0.183. The van der Waals surface area contributed by atoms with Crippen molar-refractivity contribution < 1.29 is 14.5 Å². The molecule has 0 saturated heterocycles. The van der Waals surface area contributed by atoms with Gasteiger partial charge in [0.2, 0.25) is 0 Å². The molecule has 0 fully saturated rings. The highest BCUT2D eigenvalue weighted by Crippen LogP contribution is 2.32. The number of aryl methyl sites for hydroxylation is 1. The van der Waals surface area contributed by atoms with Gasteiger partial charge in [-0.15, -0.1) is 0 Å². The van der Waals surface area contributed by atoms with Gasteiger partial charge < -0.3 is 14.2 Å². The van der Waals surface area contributed by atoms with Crippen LogP contribution < -0.4 is 19.8 Å². The Kier molecular flexibility index (Phi) is 7.70. The Morgan fingerprint density at radius 2 is 1.79 bits per heavy atom. The van der Waals surface area contributed by atoms with E-state index in [0.29, 0.717) is 20.6 Å². The number of nitrogens with zero attached hydrogens (tertiary/aromatic N) is 5. The van der Waals surface area contributed by atoms with E-state index in [2.05, 4.69) is 4.99 Å². The maximum atomic E-state index is 14.0. The second kappa shape index (κ2) is 11.2. The van der Waals surface area contributed by atoms with Gasteiger partial charge in [-0.3, -0.25) is 19.5 Å². The first-order valence-corrected chi connectivity index (χ1v) is 14.2. The minimum Gasteiger partial charge on any atom is -0.463 e. The summed E-state index contributed by atoms with van der Waals surface area (Å²) in [5.41, 5.74) is 5.81. The van der Waals surface area contributed by atoms with Crippen molar-refractivity contribution in [3.05, 3.63) is 118 Å². The van der Waals surface area contributed by atoms with Gasteiger partial charge >= 0.3 is 5.97 Å². The molecule has 4 aromatic rings. The third-order valence-electron chi connectivity index (χ3n) is 7.32. The van der Waals surface area contributed by atoms with Crippen molar-refractivity contribution in [3.8, 4) is 5.69 Å². The number of rotatable bonds is 7. The van der Waals surface area contributed by atoms with Gasteiger partial charge in [0, 0.05) is 49.0 Å². The highest BCUT2D eigenvalue weighted by Gasteiger charge is 2.33. The molecule has 1 atom stereocenters. The molecule has 11 heteroatoms. The van der Waals surface area contributed by atoms with Gasteiger partial charge in [-0.25, -0.2) is 9.79 Å². The smallest absolute Gasteiger partial charge is 0.338 e. The number of nitro groups is 1. The number of carbonyl (C=O) groups excluding carboxylic acids is 1. The third kappa shape index (κ3) is 5.07. The normalized spacial score (nSPS) is 14.9. The van der Waals surface area contributed by atoms with Crippen LogP contribution in [0.1, 0.15) is 42.4 Å². The second-order valence-corrected chi connectivity index (χ2v) is 11.2. The lowest BCUT2D eigenvalue weighted by Gasteiger charge is -2.25. The number of nitro benzene ring substituents is 1. The molecule has 0 spiro atoms. The fourth-order valence-corrected chi connectivity index (χ4v) is 6.29. The minimum atomic E-state index is -0.689. The molecule has 3 heterocycles. The van der Waals surface area contributed by atoms with Crippen LogP contribution >= 0.6 is 11.3 Å². The Labute approximate surface area is 246 Å². The summed E-state index contributed by atoms with van der Waals surface area (Å²) in [7, 11) is 3.90. The number of aromatic nitrogens is 2. The summed E-state index contributed by atoms with van der Waals surface area (Å²) in [6, 6.07) is 15.4. The molecule has 2 aromatic carbocycles. The van der Waals surface area contributed by atoms with Crippen molar-refractivity contribution in [1.29, 1.82) is 0 Å². The zero-order valence-corrected chi connectivity index (χ0v) is 25.1. The van der Waals surface area contributed by atoms with Crippen LogP contribution in [0.4, 0.5) is 11.4 Å². The molecule has 10 nitrogen and oxygen atoms in total. The highest BCUT2D eigenvalue weighted by molar-refractivity contribution is 7.07. The van der Waals surface area contributed by atoms with Gasteiger partial charge in [0.05, 0.1) is 33.4 Å². The molecule has 42 heavy (non-hydrogen) atoms. The minimum absolute atomic E-state index is 0.0194. The van der Waals surface area contributed by atoms with Gasteiger partial charge in [-0.2, -0.15) is 0 Å². The molecule has 0 radical (unpaired) electrons. The van der Waals surface area contributed by atoms with Crippen LogP contribution in [-0.2, 0) is 9.53 Å². The monoisotopic (exact) mass is 585 g/mol. The number of benzene rings is 2. The van der Waals surface area contributed by atoms with Crippen LogP contribution in [0, 0.1) is 24.0 Å². The number of non-ortho nitro benzene ring substituents is 1. The Bertz CT molecular complexity index is 1910. The summed E-state index contributed by atoms with van der Waals surface area (Å²) >= 11 is 1.27. The number of esters is 1. The lowest BCUT2D eigenvalue weighted by Crippen LogP contribution is -2.40. The number of ether oxygens (including phenoxy) is 1. The van der Waals surface area contributed by atoms with E-state index < -0.39 is 16.9 Å². The lowest BCUT2D eigenvalue weighted by molar-refractivity contribution is -0.384. The number of anilines is 1. The largest absolute Gasteiger partial charge is 0.463 e. The molecule has 2 aromatic heterocycles. The first kappa shape index (κ1) is 28.7. The Morgan fingerprint density at radius 1 is 1.12 bits per heavy atom. The van der Waals surface area contributed by atoms with E-state index in [4.69, 9.17) is 4.74 Å². The van der Waals surface area contributed by atoms with E-state index in [-0.39, 0.29) is 17.9 Å². The predicted octanol–water partition coefficient (Wildman–Crippen LogP) is 4.18. The van der Waals surface area contributed by atoms with Crippen molar-refractivity contribution in [2.75, 3.05) is 25.6 Å². The summed E-state index contributed by atoms with van der Waals surface area (Å²) in [5.74, 6) is -0.499. The van der Waals surface area contributed by atoms with Crippen molar-refractivity contribution in [2.24, 2.45) is 4.99 Å². The number of thiazole rings is 1. The molecule has 0 unspecified atom stereocenters. The van der Waals surface area contributed by atoms with Crippen LogP contribution in [0.15, 0.2) is 75.7 Å². The average molecular weight is 586 g/mol. The second-order valence-electron chi connectivity index (χ2n) is 10.2.